The maximum absolute atomic E-state index is 13.3. The number of hydrogen-bond donors (Lipinski definition) is 0. The molecule has 1 amide bonds. The number of para-hydroxylation sites is 1. The van der Waals surface area contributed by atoms with Crippen LogP contribution in [0, 0.1) is 0 Å². The van der Waals surface area contributed by atoms with E-state index in [1.54, 1.807) is 4.90 Å². The molecule has 0 N–H and O–H groups in total. The lowest BCUT2D eigenvalue weighted by molar-refractivity contribution is -0.140. The van der Waals surface area contributed by atoms with Crippen molar-refractivity contribution in [3.8, 4) is 0 Å². The molecule has 0 saturated carbocycles. The molecule has 3 aromatic rings. The summed E-state index contributed by atoms with van der Waals surface area (Å²) in [4.78, 5) is 18.4. The fourth-order valence-corrected chi connectivity index (χ4v) is 3.63. The van der Waals surface area contributed by atoms with Crippen LogP contribution in [0.5, 0.6) is 0 Å². The van der Waals surface area contributed by atoms with Crippen LogP contribution in [0.1, 0.15) is 24.6 Å². The Balaban J connectivity index is 1.72. The lowest BCUT2D eigenvalue weighted by atomic mass is 9.96. The van der Waals surface area contributed by atoms with Gasteiger partial charge >= 0.3 is 6.18 Å². The summed E-state index contributed by atoms with van der Waals surface area (Å²) in [6.45, 7) is 1.68. The Bertz CT molecular complexity index is 1010. The molecule has 0 bridgehead atoms. The van der Waals surface area contributed by atoms with Gasteiger partial charge in [0.1, 0.15) is 6.54 Å². The zero-order chi connectivity index (χ0) is 19.2. The second-order valence-electron chi connectivity index (χ2n) is 6.68. The first-order chi connectivity index (χ1) is 12.9. The lowest BCUT2D eigenvalue weighted by Gasteiger charge is -2.35. The number of hydrogen-bond acceptors (Lipinski definition) is 3. The number of pyridine rings is 1. The molecule has 1 aliphatic heterocycles. The van der Waals surface area contributed by atoms with Gasteiger partial charge in [-0.15, -0.1) is 0 Å². The Labute approximate surface area is 153 Å². The van der Waals surface area contributed by atoms with Crippen LogP contribution in [0.15, 0.2) is 42.7 Å². The minimum absolute atomic E-state index is 0.0296. The third-order valence-electron chi connectivity index (χ3n) is 4.90. The van der Waals surface area contributed by atoms with E-state index in [0.717, 1.165) is 35.0 Å². The zero-order valence-corrected chi connectivity index (χ0v) is 14.6. The number of benzene rings is 1. The molecule has 0 fully saturated rings. The Morgan fingerprint density at radius 1 is 1.26 bits per heavy atom. The molecule has 1 atom stereocenters. The summed E-state index contributed by atoms with van der Waals surface area (Å²) < 4.78 is 41.0. The number of amides is 1. The molecular formula is C19H17F3N4O. The molecule has 2 aromatic heterocycles. The third-order valence-corrected chi connectivity index (χ3v) is 4.90. The fraction of sp³-hybridized carbons (Fsp3) is 0.316. The van der Waals surface area contributed by atoms with E-state index in [-0.39, 0.29) is 29.4 Å². The SMILES string of the molecule is CC1CCc2ccccc2N1C(=O)Cn1nc(C(F)(F)F)c2cnccc21. The summed E-state index contributed by atoms with van der Waals surface area (Å²) >= 11 is 0. The van der Waals surface area contributed by atoms with Gasteiger partial charge in [-0.2, -0.15) is 18.3 Å². The normalized spacial score (nSPS) is 17.2. The van der Waals surface area contributed by atoms with E-state index in [2.05, 4.69) is 10.1 Å². The maximum Gasteiger partial charge on any atom is 0.435 e. The van der Waals surface area contributed by atoms with Gasteiger partial charge in [0.05, 0.1) is 10.9 Å². The van der Waals surface area contributed by atoms with Crippen LogP contribution in [0.25, 0.3) is 10.9 Å². The Kier molecular flexibility index (Phi) is 4.13. The summed E-state index contributed by atoms with van der Waals surface area (Å²) in [6.07, 6.45) is -0.411. The van der Waals surface area contributed by atoms with Crippen molar-refractivity contribution in [3.05, 3.63) is 54.0 Å². The Morgan fingerprint density at radius 2 is 2.04 bits per heavy atom. The molecule has 0 radical (unpaired) electrons. The number of alkyl halides is 3. The molecule has 5 nitrogen and oxygen atoms in total. The van der Waals surface area contributed by atoms with Gasteiger partial charge in [0, 0.05) is 24.1 Å². The van der Waals surface area contributed by atoms with Crippen molar-refractivity contribution < 1.29 is 18.0 Å². The molecule has 0 aliphatic carbocycles. The average Bonchev–Trinajstić information content (AvgIpc) is 3.00. The van der Waals surface area contributed by atoms with Gasteiger partial charge in [-0.25, -0.2) is 0 Å². The van der Waals surface area contributed by atoms with Crippen LogP contribution >= 0.6 is 0 Å². The highest BCUT2D eigenvalue weighted by Crippen LogP contribution is 2.34. The number of carbonyl (C=O) groups excluding carboxylic acids is 1. The number of aryl methyl sites for hydroxylation is 1. The monoisotopic (exact) mass is 374 g/mol. The molecule has 3 heterocycles. The maximum atomic E-state index is 13.3. The smallest absolute Gasteiger partial charge is 0.308 e. The lowest BCUT2D eigenvalue weighted by Crippen LogP contribution is -2.43. The van der Waals surface area contributed by atoms with Gasteiger partial charge in [0.25, 0.3) is 0 Å². The highest BCUT2D eigenvalue weighted by atomic mass is 19.4. The topological polar surface area (TPSA) is 51.0 Å². The van der Waals surface area contributed by atoms with Crippen molar-refractivity contribution in [2.24, 2.45) is 0 Å². The number of carbonyl (C=O) groups is 1. The van der Waals surface area contributed by atoms with Crippen molar-refractivity contribution in [1.29, 1.82) is 0 Å². The van der Waals surface area contributed by atoms with Gasteiger partial charge in [-0.3, -0.25) is 14.5 Å². The molecule has 27 heavy (non-hydrogen) atoms. The highest BCUT2D eigenvalue weighted by molar-refractivity contribution is 5.96. The third kappa shape index (κ3) is 3.05. The van der Waals surface area contributed by atoms with Gasteiger partial charge < -0.3 is 4.90 Å². The summed E-state index contributed by atoms with van der Waals surface area (Å²) in [5, 5.41) is 3.57. The molecular weight excluding hydrogens is 357 g/mol. The van der Waals surface area contributed by atoms with E-state index in [9.17, 15) is 18.0 Å². The predicted octanol–water partition coefficient (Wildman–Crippen LogP) is 3.82. The number of rotatable bonds is 2. The van der Waals surface area contributed by atoms with Gasteiger partial charge in [-0.1, -0.05) is 18.2 Å². The zero-order valence-electron chi connectivity index (χ0n) is 14.6. The molecule has 140 valence electrons. The standard InChI is InChI=1S/C19H17F3N4O/c1-12-6-7-13-4-2-3-5-15(13)26(12)17(27)11-25-16-8-9-23-10-14(16)18(24-25)19(20,21)22/h2-5,8-10,12H,6-7,11H2,1H3. The molecule has 1 unspecified atom stereocenters. The Morgan fingerprint density at radius 3 is 2.81 bits per heavy atom. The first-order valence-corrected chi connectivity index (χ1v) is 8.64. The molecule has 1 aliphatic rings. The summed E-state index contributed by atoms with van der Waals surface area (Å²) in [7, 11) is 0. The highest BCUT2D eigenvalue weighted by Gasteiger charge is 2.37. The number of anilines is 1. The van der Waals surface area contributed by atoms with E-state index in [0.29, 0.717) is 0 Å². The van der Waals surface area contributed by atoms with E-state index in [4.69, 9.17) is 0 Å². The fourth-order valence-electron chi connectivity index (χ4n) is 3.63. The second kappa shape index (κ2) is 6.37. The second-order valence-corrected chi connectivity index (χ2v) is 6.68. The molecule has 8 heteroatoms. The van der Waals surface area contributed by atoms with E-state index >= 15 is 0 Å². The molecule has 0 spiro atoms. The summed E-state index contributed by atoms with van der Waals surface area (Å²) in [6, 6.07) is 9.03. The van der Waals surface area contributed by atoms with E-state index in [1.807, 2.05) is 31.2 Å². The van der Waals surface area contributed by atoms with Crippen LogP contribution in [-0.2, 0) is 23.9 Å². The van der Waals surface area contributed by atoms with Gasteiger partial charge in [-0.05, 0) is 37.5 Å². The van der Waals surface area contributed by atoms with Crippen LogP contribution in [0.2, 0.25) is 0 Å². The summed E-state index contributed by atoms with van der Waals surface area (Å²) in [5.41, 5.74) is 1.10. The van der Waals surface area contributed by atoms with Crippen LogP contribution < -0.4 is 4.90 Å². The first-order valence-electron chi connectivity index (χ1n) is 8.64. The van der Waals surface area contributed by atoms with Crippen molar-refractivity contribution in [2.45, 2.75) is 38.5 Å². The van der Waals surface area contributed by atoms with Gasteiger partial charge in [0.2, 0.25) is 5.91 Å². The predicted molar refractivity (Wildman–Crippen MR) is 94.2 cm³/mol. The van der Waals surface area contributed by atoms with Gasteiger partial charge in [0.15, 0.2) is 5.69 Å². The van der Waals surface area contributed by atoms with Crippen molar-refractivity contribution >= 4 is 22.5 Å². The van der Waals surface area contributed by atoms with E-state index in [1.165, 1.54) is 12.3 Å². The first kappa shape index (κ1) is 17.5. The van der Waals surface area contributed by atoms with E-state index < -0.39 is 11.9 Å². The van der Waals surface area contributed by atoms with Crippen molar-refractivity contribution in [3.63, 3.8) is 0 Å². The van der Waals surface area contributed by atoms with Crippen LogP contribution in [-0.4, -0.2) is 26.7 Å². The van der Waals surface area contributed by atoms with Crippen LogP contribution in [0.4, 0.5) is 18.9 Å². The molecule has 1 aromatic carbocycles. The number of aromatic nitrogens is 3. The summed E-state index contributed by atoms with van der Waals surface area (Å²) in [5.74, 6) is -0.287. The Hall–Kier alpha value is -2.90. The van der Waals surface area contributed by atoms with Crippen LogP contribution in [0.3, 0.4) is 0 Å². The average molecular weight is 374 g/mol. The molecule has 4 rings (SSSR count). The quantitative estimate of drug-likeness (QED) is 0.685. The van der Waals surface area contributed by atoms with Crippen molar-refractivity contribution in [1.82, 2.24) is 14.8 Å². The largest absolute Gasteiger partial charge is 0.435 e. The number of halogens is 3. The number of fused-ring (bicyclic) bond motifs is 2. The minimum Gasteiger partial charge on any atom is -0.308 e. The molecule has 0 saturated heterocycles. The minimum atomic E-state index is -4.61. The number of nitrogens with zero attached hydrogens (tertiary/aromatic N) is 4. The van der Waals surface area contributed by atoms with Crippen molar-refractivity contribution in [2.75, 3.05) is 4.90 Å².